The summed E-state index contributed by atoms with van der Waals surface area (Å²) in [5.41, 5.74) is 6.25. The maximum atomic E-state index is 12.8. The zero-order chi connectivity index (χ0) is 13.1. The van der Waals surface area contributed by atoms with Gasteiger partial charge in [-0.15, -0.1) is 0 Å². The van der Waals surface area contributed by atoms with Gasteiger partial charge in [0.25, 0.3) is 0 Å². The fraction of sp³-hybridized carbons (Fsp3) is 0.500. The van der Waals surface area contributed by atoms with Gasteiger partial charge in [0.1, 0.15) is 6.04 Å². The summed E-state index contributed by atoms with van der Waals surface area (Å²) in [4.78, 5) is 1.24. The molecule has 5 heteroatoms. The standard InChI is InChI=1S/C12H17F3N2/c1-9(16)11(12(13,14)15)17(2)8-10-6-4-3-5-7-10/h3-7,9,11H,8,16H2,1-2H3. The number of hydrogen-bond acceptors (Lipinski definition) is 2. The second-order valence-electron chi connectivity index (χ2n) is 4.25. The Hall–Kier alpha value is -1.07. The number of likely N-dealkylation sites (N-methyl/N-ethyl adjacent to an activating group) is 1. The van der Waals surface area contributed by atoms with Gasteiger partial charge in [-0.3, -0.25) is 4.90 Å². The molecule has 0 aliphatic heterocycles. The van der Waals surface area contributed by atoms with Crippen molar-refractivity contribution in [2.24, 2.45) is 5.73 Å². The van der Waals surface area contributed by atoms with Gasteiger partial charge in [-0.25, -0.2) is 0 Å². The molecule has 1 aromatic rings. The van der Waals surface area contributed by atoms with Crippen LogP contribution in [0.4, 0.5) is 13.2 Å². The van der Waals surface area contributed by atoms with E-state index in [9.17, 15) is 13.2 Å². The molecule has 0 spiro atoms. The number of benzene rings is 1. The molecule has 96 valence electrons. The van der Waals surface area contributed by atoms with Gasteiger partial charge in [0.2, 0.25) is 0 Å². The van der Waals surface area contributed by atoms with E-state index < -0.39 is 18.3 Å². The number of alkyl halides is 3. The number of rotatable bonds is 4. The molecule has 0 fully saturated rings. The van der Waals surface area contributed by atoms with Crippen molar-refractivity contribution in [3.05, 3.63) is 35.9 Å². The minimum absolute atomic E-state index is 0.229. The third kappa shape index (κ3) is 4.02. The zero-order valence-electron chi connectivity index (χ0n) is 9.91. The van der Waals surface area contributed by atoms with Crippen molar-refractivity contribution in [2.75, 3.05) is 7.05 Å². The third-order valence-corrected chi connectivity index (χ3v) is 2.58. The predicted molar refractivity (Wildman–Crippen MR) is 61.4 cm³/mol. The molecule has 2 N–H and O–H groups in total. The molecule has 2 nitrogen and oxygen atoms in total. The SMILES string of the molecule is CC(N)C(N(C)Cc1ccccc1)C(F)(F)F. The van der Waals surface area contributed by atoms with Crippen LogP contribution in [0.25, 0.3) is 0 Å². The van der Waals surface area contributed by atoms with Gasteiger partial charge in [0, 0.05) is 12.6 Å². The van der Waals surface area contributed by atoms with Crippen LogP contribution in [0.2, 0.25) is 0 Å². The molecule has 2 atom stereocenters. The second-order valence-corrected chi connectivity index (χ2v) is 4.25. The molecule has 2 unspecified atom stereocenters. The highest BCUT2D eigenvalue weighted by Gasteiger charge is 2.44. The molecular formula is C12H17F3N2. The van der Waals surface area contributed by atoms with E-state index in [0.717, 1.165) is 5.56 Å². The van der Waals surface area contributed by atoms with E-state index in [1.165, 1.54) is 18.9 Å². The van der Waals surface area contributed by atoms with Crippen LogP contribution < -0.4 is 5.73 Å². The monoisotopic (exact) mass is 246 g/mol. The smallest absolute Gasteiger partial charge is 0.326 e. The highest BCUT2D eigenvalue weighted by molar-refractivity contribution is 5.14. The molecule has 0 aliphatic rings. The Balaban J connectivity index is 2.77. The highest BCUT2D eigenvalue weighted by atomic mass is 19.4. The molecule has 0 aromatic heterocycles. The van der Waals surface area contributed by atoms with E-state index in [1.54, 1.807) is 24.3 Å². The first-order chi connectivity index (χ1) is 7.82. The molecule has 0 heterocycles. The van der Waals surface area contributed by atoms with Gasteiger partial charge in [-0.1, -0.05) is 30.3 Å². The average Bonchev–Trinajstić information content (AvgIpc) is 2.15. The minimum Gasteiger partial charge on any atom is -0.326 e. The molecule has 1 rings (SSSR count). The van der Waals surface area contributed by atoms with Crippen LogP contribution in [0.1, 0.15) is 12.5 Å². The molecule has 0 saturated carbocycles. The molecule has 0 radical (unpaired) electrons. The normalized spacial score (nSPS) is 15.9. The molecule has 0 amide bonds. The van der Waals surface area contributed by atoms with Gasteiger partial charge in [-0.05, 0) is 19.5 Å². The van der Waals surface area contributed by atoms with Gasteiger partial charge in [-0.2, -0.15) is 13.2 Å². The van der Waals surface area contributed by atoms with Crippen molar-refractivity contribution >= 4 is 0 Å². The van der Waals surface area contributed by atoms with Crippen LogP contribution >= 0.6 is 0 Å². The number of halogens is 3. The summed E-state index contributed by atoms with van der Waals surface area (Å²) < 4.78 is 38.4. The third-order valence-electron chi connectivity index (χ3n) is 2.58. The van der Waals surface area contributed by atoms with E-state index in [-0.39, 0.29) is 6.54 Å². The first-order valence-electron chi connectivity index (χ1n) is 5.39. The summed E-state index contributed by atoms with van der Waals surface area (Å²) in [5, 5.41) is 0. The highest BCUT2D eigenvalue weighted by Crippen LogP contribution is 2.26. The minimum atomic E-state index is -4.31. The predicted octanol–water partition coefficient (Wildman–Crippen LogP) is 2.40. The Labute approximate surface area is 99.2 Å². The van der Waals surface area contributed by atoms with Crippen LogP contribution in [-0.4, -0.2) is 30.2 Å². The average molecular weight is 246 g/mol. The molecule has 17 heavy (non-hydrogen) atoms. The van der Waals surface area contributed by atoms with Gasteiger partial charge in [0.05, 0.1) is 0 Å². The van der Waals surface area contributed by atoms with Crippen molar-refractivity contribution in [3.63, 3.8) is 0 Å². The van der Waals surface area contributed by atoms with Crippen LogP contribution in [-0.2, 0) is 6.54 Å². The fourth-order valence-corrected chi connectivity index (χ4v) is 1.92. The van der Waals surface area contributed by atoms with E-state index in [0.29, 0.717) is 0 Å². The van der Waals surface area contributed by atoms with Crippen molar-refractivity contribution < 1.29 is 13.2 Å². The number of nitrogens with two attached hydrogens (primary N) is 1. The van der Waals surface area contributed by atoms with E-state index in [1.807, 2.05) is 6.07 Å². The van der Waals surface area contributed by atoms with Crippen molar-refractivity contribution in [3.8, 4) is 0 Å². The first-order valence-corrected chi connectivity index (χ1v) is 5.39. The molecule has 0 aliphatic carbocycles. The van der Waals surface area contributed by atoms with Crippen molar-refractivity contribution in [1.29, 1.82) is 0 Å². The Morgan fingerprint density at radius 2 is 1.76 bits per heavy atom. The lowest BCUT2D eigenvalue weighted by Crippen LogP contribution is -2.53. The Morgan fingerprint density at radius 1 is 1.24 bits per heavy atom. The van der Waals surface area contributed by atoms with Gasteiger partial charge < -0.3 is 5.73 Å². The summed E-state index contributed by atoms with van der Waals surface area (Å²) in [7, 11) is 1.44. The second kappa shape index (κ2) is 5.51. The molecule has 0 bridgehead atoms. The lowest BCUT2D eigenvalue weighted by molar-refractivity contribution is -0.186. The maximum Gasteiger partial charge on any atom is 0.405 e. The van der Waals surface area contributed by atoms with Crippen molar-refractivity contribution in [1.82, 2.24) is 4.90 Å². The summed E-state index contributed by atoms with van der Waals surface area (Å²) in [6.45, 7) is 1.60. The van der Waals surface area contributed by atoms with E-state index >= 15 is 0 Å². The van der Waals surface area contributed by atoms with Crippen LogP contribution in [0.3, 0.4) is 0 Å². The molecule has 1 aromatic carbocycles. The lowest BCUT2D eigenvalue weighted by Gasteiger charge is -2.32. The Morgan fingerprint density at radius 3 is 2.18 bits per heavy atom. The van der Waals surface area contributed by atoms with Gasteiger partial charge in [0.15, 0.2) is 0 Å². The number of nitrogens with zero attached hydrogens (tertiary/aromatic N) is 1. The van der Waals surface area contributed by atoms with Crippen LogP contribution in [0, 0.1) is 0 Å². The summed E-state index contributed by atoms with van der Waals surface area (Å²) in [6, 6.07) is 6.45. The number of hydrogen-bond donors (Lipinski definition) is 1. The van der Waals surface area contributed by atoms with E-state index in [4.69, 9.17) is 5.73 Å². The van der Waals surface area contributed by atoms with Gasteiger partial charge >= 0.3 is 6.18 Å². The molecule has 0 saturated heterocycles. The molecular weight excluding hydrogens is 229 g/mol. The summed E-state index contributed by atoms with van der Waals surface area (Å²) in [5.74, 6) is 0. The zero-order valence-corrected chi connectivity index (χ0v) is 9.91. The van der Waals surface area contributed by atoms with E-state index in [2.05, 4.69) is 0 Å². The first kappa shape index (κ1) is 14.0. The Bertz CT molecular complexity index is 335. The topological polar surface area (TPSA) is 29.3 Å². The maximum absolute atomic E-state index is 12.8. The summed E-state index contributed by atoms with van der Waals surface area (Å²) in [6.07, 6.45) is -4.31. The Kier molecular flexibility index (Phi) is 4.54. The quantitative estimate of drug-likeness (QED) is 0.884. The largest absolute Gasteiger partial charge is 0.405 e. The van der Waals surface area contributed by atoms with Crippen LogP contribution in [0.5, 0.6) is 0 Å². The fourth-order valence-electron chi connectivity index (χ4n) is 1.92. The van der Waals surface area contributed by atoms with Crippen LogP contribution in [0.15, 0.2) is 30.3 Å². The van der Waals surface area contributed by atoms with Crippen molar-refractivity contribution in [2.45, 2.75) is 31.7 Å². The lowest BCUT2D eigenvalue weighted by atomic mass is 10.1. The summed E-state index contributed by atoms with van der Waals surface area (Å²) >= 11 is 0.